The van der Waals surface area contributed by atoms with Gasteiger partial charge in [-0.3, -0.25) is 0 Å². The van der Waals surface area contributed by atoms with E-state index >= 15 is 8.63 Å². The first-order valence-electron chi connectivity index (χ1n) is 8.89. The first-order valence-corrected chi connectivity index (χ1v) is 8.89. The Kier molecular flexibility index (Phi) is 3.80. The van der Waals surface area contributed by atoms with Crippen molar-refractivity contribution in [2.75, 3.05) is 0 Å². The molecule has 0 fully saturated rings. The van der Waals surface area contributed by atoms with E-state index in [-0.39, 0.29) is 0 Å². The van der Waals surface area contributed by atoms with Gasteiger partial charge in [-0.15, -0.1) is 0 Å². The summed E-state index contributed by atoms with van der Waals surface area (Å²) in [6, 6.07) is 6.38. The van der Waals surface area contributed by atoms with Crippen molar-refractivity contribution in [1.29, 1.82) is 0 Å². The summed E-state index contributed by atoms with van der Waals surface area (Å²) >= 11 is 0. The lowest BCUT2D eigenvalue weighted by molar-refractivity contribution is -0.363. The van der Waals surface area contributed by atoms with Crippen molar-refractivity contribution in [2.45, 2.75) is 33.9 Å². The molecule has 4 rings (SSSR count). The molecule has 8 heteroatoms. The third kappa shape index (κ3) is 2.43. The van der Waals surface area contributed by atoms with Gasteiger partial charge in [-0.2, -0.15) is 13.2 Å². The lowest BCUT2D eigenvalue weighted by Gasteiger charge is -2.34. The van der Waals surface area contributed by atoms with Gasteiger partial charge in [-0.25, -0.2) is 0 Å². The minimum absolute atomic E-state index is 0.357. The summed E-state index contributed by atoms with van der Waals surface area (Å²) in [6.45, 7) is 2.63. The van der Waals surface area contributed by atoms with Gasteiger partial charge in [0.15, 0.2) is 5.70 Å². The van der Waals surface area contributed by atoms with E-state index in [2.05, 4.69) is 0 Å². The van der Waals surface area contributed by atoms with Crippen molar-refractivity contribution in [3.63, 3.8) is 0 Å². The number of fused-ring (bicyclic) bond motifs is 2. The average molecular weight is 392 g/mol. The van der Waals surface area contributed by atoms with Crippen LogP contribution in [0.4, 0.5) is 21.8 Å². The molecule has 2 aromatic rings. The number of alkyl halides is 3. The summed E-state index contributed by atoms with van der Waals surface area (Å²) in [5.41, 5.74) is 3.11. The van der Waals surface area contributed by atoms with Gasteiger partial charge in [0.25, 0.3) is 0 Å². The van der Waals surface area contributed by atoms with E-state index in [4.69, 9.17) is 0 Å². The highest BCUT2D eigenvalue weighted by Gasteiger charge is 2.55. The smallest absolute Gasteiger partial charge is 0.393 e. The Morgan fingerprint density at radius 1 is 0.964 bits per heavy atom. The Balaban J connectivity index is 2.06. The van der Waals surface area contributed by atoms with E-state index in [1.807, 2.05) is 0 Å². The van der Waals surface area contributed by atoms with Crippen LogP contribution in [0.2, 0.25) is 0 Å². The van der Waals surface area contributed by atoms with E-state index < -0.39 is 18.7 Å². The molecule has 0 amide bonds. The van der Waals surface area contributed by atoms with Crippen LogP contribution in [0.15, 0.2) is 47.7 Å². The largest absolute Gasteiger partial charge is 0.737 e. The van der Waals surface area contributed by atoms with Gasteiger partial charge in [0, 0.05) is 24.3 Å². The van der Waals surface area contributed by atoms with E-state index in [1.54, 1.807) is 39.8 Å². The monoisotopic (exact) mass is 392 g/mol. The van der Waals surface area contributed by atoms with Gasteiger partial charge in [0.05, 0.1) is 11.1 Å². The van der Waals surface area contributed by atoms with Gasteiger partial charge in [-0.1, -0.05) is 12.1 Å². The highest BCUT2D eigenvalue weighted by Crippen LogP contribution is 2.44. The molecule has 0 unspecified atom stereocenters. The molecule has 1 aromatic heterocycles. The van der Waals surface area contributed by atoms with E-state index in [0.29, 0.717) is 45.1 Å². The second-order valence-corrected chi connectivity index (χ2v) is 7.41. The SMILES string of the molecule is CC1=CC(C)=[N+]2C1=C(c1ccc(C(F)(F)F)cc1)c1c(C)cc(C)n1[B-]2(F)F. The van der Waals surface area contributed by atoms with Crippen LogP contribution in [-0.4, -0.2) is 21.6 Å². The van der Waals surface area contributed by atoms with Crippen LogP contribution in [0.3, 0.4) is 0 Å². The van der Waals surface area contributed by atoms with Crippen LogP contribution in [-0.2, 0) is 6.18 Å². The molecule has 0 saturated heterocycles. The van der Waals surface area contributed by atoms with Crippen molar-refractivity contribution in [1.82, 2.24) is 4.48 Å². The summed E-state index contributed by atoms with van der Waals surface area (Å²) in [7, 11) is 0. The molecule has 0 radical (unpaired) electrons. The summed E-state index contributed by atoms with van der Waals surface area (Å²) in [4.78, 5) is 0. The Morgan fingerprint density at radius 3 is 2.14 bits per heavy atom. The molecular weight excluding hydrogens is 374 g/mol. The third-order valence-corrected chi connectivity index (χ3v) is 5.44. The molecule has 0 spiro atoms. The molecule has 3 heterocycles. The number of rotatable bonds is 1. The van der Waals surface area contributed by atoms with Crippen LogP contribution in [0.1, 0.15) is 41.9 Å². The van der Waals surface area contributed by atoms with Gasteiger partial charge >= 0.3 is 13.1 Å². The van der Waals surface area contributed by atoms with Crippen LogP contribution < -0.4 is 0 Å². The molecule has 0 bridgehead atoms. The molecule has 2 aliphatic rings. The summed E-state index contributed by atoms with van der Waals surface area (Å²) in [5, 5.41) is 0. The second-order valence-electron chi connectivity index (χ2n) is 7.41. The van der Waals surface area contributed by atoms with Gasteiger partial charge < -0.3 is 17.6 Å². The number of halogens is 5. The van der Waals surface area contributed by atoms with E-state index in [9.17, 15) is 13.2 Å². The standard InChI is InChI=1S/C20H18BF5N2/c1-11-9-13(3)27-18(11)17(15-5-7-16(8-6-15)20(22,23)24)19-12(2)10-14(4)28(19)21(27,25)26/h5-10H,1-4H3. The number of hydrogen-bond donors (Lipinski definition) is 0. The highest BCUT2D eigenvalue weighted by molar-refractivity contribution is 6.58. The maximum atomic E-state index is 15.5. The number of aromatic nitrogens is 1. The number of nitrogens with zero attached hydrogens (tertiary/aromatic N) is 2. The van der Waals surface area contributed by atoms with Crippen molar-refractivity contribution < 1.29 is 26.3 Å². The lowest BCUT2D eigenvalue weighted by Crippen LogP contribution is -2.51. The molecular formula is C20H18BF5N2. The van der Waals surface area contributed by atoms with E-state index in [1.165, 1.54) is 12.1 Å². The Hall–Kier alpha value is -2.64. The quantitative estimate of drug-likeness (QED) is 0.444. The minimum Gasteiger partial charge on any atom is -0.393 e. The maximum absolute atomic E-state index is 15.5. The average Bonchev–Trinajstić information content (AvgIpc) is 3.05. The number of allylic oxidation sites excluding steroid dienone is 2. The van der Waals surface area contributed by atoms with Crippen molar-refractivity contribution in [3.8, 4) is 0 Å². The van der Waals surface area contributed by atoms with Gasteiger partial charge in [0.1, 0.15) is 5.71 Å². The number of hydrogen-bond acceptors (Lipinski definition) is 0. The fourth-order valence-electron chi connectivity index (χ4n) is 4.40. The molecule has 0 saturated carbocycles. The summed E-state index contributed by atoms with van der Waals surface area (Å²) in [5.74, 6) is 0. The van der Waals surface area contributed by atoms with Crippen LogP contribution in [0.25, 0.3) is 5.57 Å². The molecule has 146 valence electrons. The molecule has 2 nitrogen and oxygen atoms in total. The highest BCUT2D eigenvalue weighted by atomic mass is 19.4. The fourth-order valence-corrected chi connectivity index (χ4v) is 4.40. The Labute approximate surface area is 159 Å². The molecule has 28 heavy (non-hydrogen) atoms. The predicted octanol–water partition coefficient (Wildman–Crippen LogP) is 5.55. The first kappa shape index (κ1) is 18.7. The number of aryl methyl sites for hydroxylation is 2. The molecule has 0 N–H and O–H groups in total. The van der Waals surface area contributed by atoms with Crippen LogP contribution >= 0.6 is 0 Å². The van der Waals surface area contributed by atoms with Crippen LogP contribution in [0, 0.1) is 13.8 Å². The topological polar surface area (TPSA) is 7.94 Å². The lowest BCUT2D eigenvalue weighted by atomic mass is 9.83. The molecule has 1 aromatic carbocycles. The Bertz CT molecular complexity index is 1100. The van der Waals surface area contributed by atoms with Crippen molar-refractivity contribution in [3.05, 3.63) is 75.8 Å². The normalized spacial score (nSPS) is 18.4. The summed E-state index contributed by atoms with van der Waals surface area (Å²) < 4.78 is 71.9. The fraction of sp³-hybridized carbons (Fsp3) is 0.250. The van der Waals surface area contributed by atoms with Crippen LogP contribution in [0.5, 0.6) is 0 Å². The van der Waals surface area contributed by atoms with Gasteiger partial charge in [0.2, 0.25) is 0 Å². The van der Waals surface area contributed by atoms with Gasteiger partial charge in [-0.05, 0) is 55.8 Å². The maximum Gasteiger partial charge on any atom is 0.737 e. The minimum atomic E-state index is -4.45. The van der Waals surface area contributed by atoms with Crippen molar-refractivity contribution >= 4 is 18.3 Å². The van der Waals surface area contributed by atoms with Crippen molar-refractivity contribution in [2.24, 2.45) is 0 Å². The Morgan fingerprint density at radius 2 is 1.57 bits per heavy atom. The molecule has 2 aliphatic heterocycles. The van der Waals surface area contributed by atoms with E-state index in [0.717, 1.165) is 21.1 Å². The first-order chi connectivity index (χ1) is 12.9. The second kappa shape index (κ2) is 5.69. The zero-order valence-electron chi connectivity index (χ0n) is 15.8. The summed E-state index contributed by atoms with van der Waals surface area (Å²) in [6.07, 6.45) is -2.77. The molecule has 0 atom stereocenters. The number of benzene rings is 1. The zero-order valence-corrected chi connectivity index (χ0v) is 15.8. The zero-order chi connectivity index (χ0) is 20.6. The third-order valence-electron chi connectivity index (χ3n) is 5.44. The molecule has 0 aliphatic carbocycles. The predicted molar refractivity (Wildman–Crippen MR) is 99.4 cm³/mol.